The summed E-state index contributed by atoms with van der Waals surface area (Å²) < 4.78 is 1.40. The molecular formula is C22H33N5O2. The second-order valence-electron chi connectivity index (χ2n) is 8.29. The van der Waals surface area contributed by atoms with Crippen LogP contribution in [0.25, 0.3) is 10.8 Å². The molecule has 1 aromatic carbocycles. The fourth-order valence-electron chi connectivity index (χ4n) is 3.87. The number of rotatable bonds is 7. The lowest BCUT2D eigenvalue weighted by Crippen LogP contribution is -2.48. The normalized spacial score (nSPS) is 17.0. The summed E-state index contributed by atoms with van der Waals surface area (Å²) in [6.45, 7) is 15.2. The van der Waals surface area contributed by atoms with Gasteiger partial charge in [-0.15, -0.1) is 0 Å². The lowest BCUT2D eigenvalue weighted by atomic mass is 10.1. The smallest absolute Gasteiger partial charge is 0.274 e. The van der Waals surface area contributed by atoms with E-state index in [1.54, 1.807) is 12.1 Å². The number of benzene rings is 1. The van der Waals surface area contributed by atoms with Gasteiger partial charge >= 0.3 is 0 Å². The molecule has 0 saturated carbocycles. The zero-order valence-electron chi connectivity index (χ0n) is 18.0. The summed E-state index contributed by atoms with van der Waals surface area (Å²) >= 11 is 0. The number of fused-ring (bicyclic) bond motifs is 1. The maximum atomic E-state index is 12.9. The first kappa shape index (κ1) is 21.5. The Bertz CT molecular complexity index is 900. The van der Waals surface area contributed by atoms with Gasteiger partial charge in [-0.1, -0.05) is 32.0 Å². The molecule has 1 fully saturated rings. The molecule has 1 aliphatic heterocycles. The molecule has 0 bridgehead atoms. The van der Waals surface area contributed by atoms with Crippen LogP contribution in [0.3, 0.4) is 0 Å². The summed E-state index contributed by atoms with van der Waals surface area (Å²) in [7, 11) is 0. The van der Waals surface area contributed by atoms with Crippen LogP contribution in [0.4, 0.5) is 0 Å². The predicted molar refractivity (Wildman–Crippen MR) is 116 cm³/mol. The van der Waals surface area contributed by atoms with Gasteiger partial charge in [0.15, 0.2) is 5.69 Å². The molecule has 158 valence electrons. The van der Waals surface area contributed by atoms with Crippen molar-refractivity contribution in [3.8, 4) is 0 Å². The molecule has 1 atom stereocenters. The van der Waals surface area contributed by atoms with Crippen molar-refractivity contribution in [2.24, 2.45) is 5.92 Å². The van der Waals surface area contributed by atoms with E-state index in [2.05, 4.69) is 34.1 Å². The number of aromatic nitrogens is 2. The molecule has 1 N–H and O–H groups in total. The summed E-state index contributed by atoms with van der Waals surface area (Å²) in [5.41, 5.74) is 0.157. The van der Waals surface area contributed by atoms with Gasteiger partial charge in [-0.25, -0.2) is 4.68 Å². The quantitative estimate of drug-likeness (QED) is 0.771. The third-order valence-electron chi connectivity index (χ3n) is 5.63. The molecule has 0 aliphatic carbocycles. The Hall–Kier alpha value is -2.25. The number of hydrogen-bond donors (Lipinski definition) is 1. The molecule has 7 nitrogen and oxygen atoms in total. The van der Waals surface area contributed by atoms with Gasteiger partial charge in [-0.2, -0.15) is 5.10 Å². The van der Waals surface area contributed by atoms with E-state index >= 15 is 0 Å². The SMILES string of the molecule is CCN1CCN(CC(C)CNC(=O)c2nn(C(C)C)c(=O)c3ccccc23)CC1. The molecule has 29 heavy (non-hydrogen) atoms. The van der Waals surface area contributed by atoms with Crippen molar-refractivity contribution in [2.45, 2.75) is 33.7 Å². The fraction of sp³-hybridized carbons (Fsp3) is 0.591. The second-order valence-corrected chi connectivity index (χ2v) is 8.29. The van der Waals surface area contributed by atoms with Gasteiger partial charge in [0, 0.05) is 44.7 Å². The zero-order chi connectivity index (χ0) is 21.0. The Morgan fingerprint density at radius 1 is 1.07 bits per heavy atom. The van der Waals surface area contributed by atoms with Gasteiger partial charge in [0.2, 0.25) is 0 Å². The minimum Gasteiger partial charge on any atom is -0.350 e. The number of carbonyl (C=O) groups excluding carboxylic acids is 1. The number of piperazine rings is 1. The molecule has 1 saturated heterocycles. The van der Waals surface area contributed by atoms with Crippen molar-refractivity contribution in [2.75, 3.05) is 45.8 Å². The van der Waals surface area contributed by atoms with Crippen molar-refractivity contribution in [1.82, 2.24) is 24.9 Å². The van der Waals surface area contributed by atoms with E-state index < -0.39 is 0 Å². The average molecular weight is 400 g/mol. The Kier molecular flexibility index (Phi) is 7.03. The highest BCUT2D eigenvalue weighted by molar-refractivity contribution is 6.04. The van der Waals surface area contributed by atoms with Gasteiger partial charge in [-0.05, 0) is 32.4 Å². The zero-order valence-corrected chi connectivity index (χ0v) is 18.0. The van der Waals surface area contributed by atoms with E-state index in [1.165, 1.54) is 4.68 Å². The van der Waals surface area contributed by atoms with Crippen molar-refractivity contribution in [3.63, 3.8) is 0 Å². The van der Waals surface area contributed by atoms with Crippen LogP contribution in [0.1, 0.15) is 44.2 Å². The lowest BCUT2D eigenvalue weighted by Gasteiger charge is -2.35. The maximum Gasteiger partial charge on any atom is 0.274 e. The van der Waals surface area contributed by atoms with Crippen LogP contribution >= 0.6 is 0 Å². The highest BCUT2D eigenvalue weighted by Crippen LogP contribution is 2.15. The third kappa shape index (κ3) is 5.03. The van der Waals surface area contributed by atoms with E-state index in [0.29, 0.717) is 28.9 Å². The van der Waals surface area contributed by atoms with Crippen LogP contribution in [0.15, 0.2) is 29.1 Å². The third-order valence-corrected chi connectivity index (χ3v) is 5.63. The summed E-state index contributed by atoms with van der Waals surface area (Å²) in [6, 6.07) is 7.09. The van der Waals surface area contributed by atoms with E-state index in [9.17, 15) is 9.59 Å². The topological polar surface area (TPSA) is 70.5 Å². The Balaban J connectivity index is 1.67. The summed E-state index contributed by atoms with van der Waals surface area (Å²) in [6.07, 6.45) is 0. The summed E-state index contributed by atoms with van der Waals surface area (Å²) in [4.78, 5) is 30.5. The van der Waals surface area contributed by atoms with Gasteiger partial charge in [-0.3, -0.25) is 9.59 Å². The number of nitrogens with zero attached hydrogens (tertiary/aromatic N) is 4. The standard InChI is InChI=1S/C22H33N5O2/c1-5-25-10-12-26(13-11-25)15-17(4)14-23-21(28)20-18-8-6-7-9-19(18)22(29)27(24-20)16(2)3/h6-9,16-17H,5,10-15H2,1-4H3,(H,23,28). The Morgan fingerprint density at radius 2 is 1.69 bits per heavy atom. The van der Waals surface area contributed by atoms with Crippen LogP contribution in [0.5, 0.6) is 0 Å². The molecule has 0 radical (unpaired) electrons. The second kappa shape index (κ2) is 9.50. The molecule has 1 amide bonds. The van der Waals surface area contributed by atoms with Crippen LogP contribution in [-0.2, 0) is 0 Å². The van der Waals surface area contributed by atoms with Gasteiger partial charge in [0.25, 0.3) is 11.5 Å². The van der Waals surface area contributed by atoms with Crippen molar-refractivity contribution >= 4 is 16.7 Å². The van der Waals surface area contributed by atoms with Crippen LogP contribution < -0.4 is 10.9 Å². The van der Waals surface area contributed by atoms with E-state index in [4.69, 9.17) is 0 Å². The van der Waals surface area contributed by atoms with Gasteiger partial charge < -0.3 is 15.1 Å². The molecule has 0 spiro atoms. The summed E-state index contributed by atoms with van der Waals surface area (Å²) in [5, 5.41) is 8.56. The first-order chi connectivity index (χ1) is 13.9. The van der Waals surface area contributed by atoms with E-state index in [0.717, 1.165) is 39.3 Å². The predicted octanol–water partition coefficient (Wildman–Crippen LogP) is 1.98. The van der Waals surface area contributed by atoms with Crippen LogP contribution in [0.2, 0.25) is 0 Å². The van der Waals surface area contributed by atoms with E-state index in [-0.39, 0.29) is 17.5 Å². The van der Waals surface area contributed by atoms with Gasteiger partial charge in [0.05, 0.1) is 11.4 Å². The van der Waals surface area contributed by atoms with Crippen molar-refractivity contribution in [1.29, 1.82) is 0 Å². The van der Waals surface area contributed by atoms with Crippen LogP contribution in [0, 0.1) is 5.92 Å². The van der Waals surface area contributed by atoms with Gasteiger partial charge in [0.1, 0.15) is 0 Å². The molecule has 2 heterocycles. The molecule has 1 aliphatic rings. The number of nitrogens with one attached hydrogen (secondary N) is 1. The first-order valence-electron chi connectivity index (χ1n) is 10.6. The molecule has 7 heteroatoms. The average Bonchev–Trinajstić information content (AvgIpc) is 2.73. The Labute approximate surface area is 172 Å². The number of hydrogen-bond acceptors (Lipinski definition) is 5. The monoisotopic (exact) mass is 399 g/mol. The highest BCUT2D eigenvalue weighted by Gasteiger charge is 2.20. The largest absolute Gasteiger partial charge is 0.350 e. The molecule has 1 unspecified atom stereocenters. The lowest BCUT2D eigenvalue weighted by molar-refractivity contribution is 0.0928. The Morgan fingerprint density at radius 3 is 2.31 bits per heavy atom. The summed E-state index contributed by atoms with van der Waals surface area (Å²) in [5.74, 6) is 0.118. The molecule has 3 rings (SSSR count). The molecular weight excluding hydrogens is 366 g/mol. The minimum atomic E-state index is -0.224. The maximum absolute atomic E-state index is 12.9. The fourth-order valence-corrected chi connectivity index (χ4v) is 3.87. The molecule has 2 aromatic rings. The van der Waals surface area contributed by atoms with Crippen molar-refractivity contribution < 1.29 is 4.79 Å². The van der Waals surface area contributed by atoms with Crippen LogP contribution in [-0.4, -0.2) is 71.3 Å². The minimum absolute atomic E-state index is 0.112. The number of likely N-dealkylation sites (N-methyl/N-ethyl adjacent to an activating group) is 1. The highest BCUT2D eigenvalue weighted by atomic mass is 16.2. The molecule has 1 aromatic heterocycles. The number of amides is 1. The first-order valence-corrected chi connectivity index (χ1v) is 10.6. The van der Waals surface area contributed by atoms with Crippen molar-refractivity contribution in [3.05, 3.63) is 40.3 Å². The van der Waals surface area contributed by atoms with E-state index in [1.807, 2.05) is 26.0 Å². The number of carbonyl (C=O) groups is 1.